The van der Waals surface area contributed by atoms with Crippen LogP contribution >= 0.6 is 0 Å². The van der Waals surface area contributed by atoms with Crippen molar-refractivity contribution in [2.24, 2.45) is 0 Å². The second-order valence-electron chi connectivity index (χ2n) is 8.45. The summed E-state index contributed by atoms with van der Waals surface area (Å²) in [5.41, 5.74) is 3.92. The van der Waals surface area contributed by atoms with Gasteiger partial charge in [-0.3, -0.25) is 14.6 Å². The third kappa shape index (κ3) is 4.91. The Morgan fingerprint density at radius 3 is 2.60 bits per heavy atom. The molecule has 176 valence electrons. The highest BCUT2D eigenvalue weighted by molar-refractivity contribution is 6.06. The number of aromatic nitrogens is 1. The van der Waals surface area contributed by atoms with Crippen molar-refractivity contribution in [1.29, 1.82) is 0 Å². The number of fused-ring (bicyclic) bond motifs is 1. The fraction of sp³-hybridized carbons (Fsp3) is 0.185. The number of rotatable bonds is 7. The maximum absolute atomic E-state index is 13.2. The number of benzene rings is 2. The van der Waals surface area contributed by atoms with Crippen molar-refractivity contribution in [2.45, 2.75) is 25.3 Å². The predicted octanol–water partition coefficient (Wildman–Crippen LogP) is 4.67. The number of nitrogens with one attached hydrogen (secondary N) is 2. The minimum absolute atomic E-state index is 0.146. The summed E-state index contributed by atoms with van der Waals surface area (Å²) < 4.78 is 9.80. The number of nitrogens with zero attached hydrogens (tertiary/aromatic N) is 1. The first-order valence-corrected chi connectivity index (χ1v) is 11.3. The number of esters is 1. The Labute approximate surface area is 201 Å². The standard InChI is InChI=1S/C27H23N3O5/c1-34-27(33)19-10-16(11-20(12-19)29-25(31)18-8-9-35-15-18)14-28-26(32)22-13-24(17-6-7-17)30-23-5-3-2-4-21(22)23/h2-5,8-13,15,17H,6-7,14H2,1H3,(H,28,32)(H,29,31). The predicted molar refractivity (Wildman–Crippen MR) is 129 cm³/mol. The lowest BCUT2D eigenvalue weighted by Gasteiger charge is -2.12. The number of methoxy groups -OCH3 is 1. The molecule has 2 aromatic carbocycles. The molecule has 1 aliphatic carbocycles. The summed E-state index contributed by atoms with van der Waals surface area (Å²) in [6.45, 7) is 0.146. The number of carbonyl (C=O) groups is 3. The molecule has 2 amide bonds. The van der Waals surface area contributed by atoms with Gasteiger partial charge in [0.15, 0.2) is 0 Å². The molecule has 2 heterocycles. The summed E-state index contributed by atoms with van der Waals surface area (Å²) >= 11 is 0. The molecule has 35 heavy (non-hydrogen) atoms. The molecular weight excluding hydrogens is 446 g/mol. The fourth-order valence-electron chi connectivity index (χ4n) is 3.95. The van der Waals surface area contributed by atoms with Gasteiger partial charge in [0.05, 0.1) is 35.6 Å². The first kappa shape index (κ1) is 22.3. The van der Waals surface area contributed by atoms with Crippen LogP contribution in [0.5, 0.6) is 0 Å². The molecule has 5 rings (SSSR count). The SMILES string of the molecule is COC(=O)c1cc(CNC(=O)c2cc(C3CC3)nc3ccccc23)cc(NC(=O)c2ccoc2)c1. The molecule has 0 spiro atoms. The van der Waals surface area contributed by atoms with Gasteiger partial charge in [-0.1, -0.05) is 18.2 Å². The van der Waals surface area contributed by atoms with E-state index in [1.165, 1.54) is 31.8 Å². The molecule has 8 heteroatoms. The van der Waals surface area contributed by atoms with E-state index in [0.29, 0.717) is 28.3 Å². The van der Waals surface area contributed by atoms with Gasteiger partial charge in [-0.15, -0.1) is 0 Å². The van der Waals surface area contributed by atoms with Crippen LogP contribution in [0.3, 0.4) is 0 Å². The van der Waals surface area contributed by atoms with Crippen LogP contribution in [0.4, 0.5) is 5.69 Å². The molecule has 0 unspecified atom stereocenters. The maximum atomic E-state index is 13.2. The molecule has 0 saturated heterocycles. The Morgan fingerprint density at radius 2 is 1.86 bits per heavy atom. The third-order valence-corrected chi connectivity index (χ3v) is 5.88. The molecule has 1 fully saturated rings. The highest BCUT2D eigenvalue weighted by atomic mass is 16.5. The average Bonchev–Trinajstić information content (AvgIpc) is 3.59. The highest BCUT2D eigenvalue weighted by Crippen LogP contribution is 2.40. The van der Waals surface area contributed by atoms with E-state index < -0.39 is 5.97 Å². The zero-order valence-corrected chi connectivity index (χ0v) is 19.0. The number of furan rings is 1. The number of anilines is 1. The number of amides is 2. The van der Waals surface area contributed by atoms with Crippen molar-refractivity contribution in [2.75, 3.05) is 12.4 Å². The van der Waals surface area contributed by atoms with Crippen LogP contribution in [0, 0.1) is 0 Å². The largest absolute Gasteiger partial charge is 0.472 e. The van der Waals surface area contributed by atoms with Crippen molar-refractivity contribution in [3.05, 3.63) is 95.1 Å². The Morgan fingerprint density at radius 1 is 1.03 bits per heavy atom. The molecule has 0 bridgehead atoms. The molecule has 0 aliphatic heterocycles. The molecule has 1 aliphatic rings. The Bertz CT molecular complexity index is 1420. The molecule has 4 aromatic rings. The minimum Gasteiger partial charge on any atom is -0.472 e. The van der Waals surface area contributed by atoms with Gasteiger partial charge in [0, 0.05) is 29.2 Å². The summed E-state index contributed by atoms with van der Waals surface area (Å²) in [6.07, 6.45) is 4.90. The molecule has 0 atom stereocenters. The fourth-order valence-corrected chi connectivity index (χ4v) is 3.95. The van der Waals surface area contributed by atoms with Gasteiger partial charge >= 0.3 is 5.97 Å². The second kappa shape index (κ2) is 9.42. The summed E-state index contributed by atoms with van der Waals surface area (Å²) in [4.78, 5) is 42.6. The summed E-state index contributed by atoms with van der Waals surface area (Å²) in [7, 11) is 1.28. The second-order valence-corrected chi connectivity index (χ2v) is 8.45. The van der Waals surface area contributed by atoms with Gasteiger partial charge in [-0.05, 0) is 54.8 Å². The van der Waals surface area contributed by atoms with Crippen molar-refractivity contribution in [3.63, 3.8) is 0 Å². The smallest absolute Gasteiger partial charge is 0.337 e. The van der Waals surface area contributed by atoms with Crippen molar-refractivity contribution >= 4 is 34.4 Å². The molecule has 8 nitrogen and oxygen atoms in total. The third-order valence-electron chi connectivity index (χ3n) is 5.88. The Hall–Kier alpha value is -4.46. The minimum atomic E-state index is -0.550. The lowest BCUT2D eigenvalue weighted by Crippen LogP contribution is -2.24. The Kier molecular flexibility index (Phi) is 6.01. The number of hydrogen-bond donors (Lipinski definition) is 2. The van der Waals surface area contributed by atoms with Crippen molar-refractivity contribution in [1.82, 2.24) is 10.3 Å². The maximum Gasteiger partial charge on any atom is 0.337 e. The van der Waals surface area contributed by atoms with E-state index in [1.54, 1.807) is 12.1 Å². The van der Waals surface area contributed by atoms with E-state index >= 15 is 0 Å². The van der Waals surface area contributed by atoms with Gasteiger partial charge in [-0.25, -0.2) is 4.79 Å². The van der Waals surface area contributed by atoms with Gasteiger partial charge < -0.3 is 19.8 Å². The van der Waals surface area contributed by atoms with Crippen LogP contribution in [-0.2, 0) is 11.3 Å². The lowest BCUT2D eigenvalue weighted by atomic mass is 10.0. The van der Waals surface area contributed by atoms with E-state index in [-0.39, 0.29) is 23.9 Å². The van der Waals surface area contributed by atoms with Crippen LogP contribution < -0.4 is 10.6 Å². The first-order valence-electron chi connectivity index (χ1n) is 11.3. The summed E-state index contributed by atoms with van der Waals surface area (Å²) in [5.74, 6) is -0.764. The van der Waals surface area contributed by atoms with E-state index in [9.17, 15) is 14.4 Å². The van der Waals surface area contributed by atoms with E-state index in [0.717, 1.165) is 29.4 Å². The first-order chi connectivity index (χ1) is 17.0. The van der Waals surface area contributed by atoms with E-state index in [4.69, 9.17) is 14.1 Å². The van der Waals surface area contributed by atoms with E-state index in [2.05, 4.69) is 10.6 Å². The Balaban J connectivity index is 1.39. The highest BCUT2D eigenvalue weighted by Gasteiger charge is 2.27. The van der Waals surface area contributed by atoms with Crippen molar-refractivity contribution < 1.29 is 23.5 Å². The summed E-state index contributed by atoms with van der Waals surface area (Å²) in [5, 5.41) is 6.47. The van der Waals surface area contributed by atoms with Crippen LogP contribution in [0.2, 0.25) is 0 Å². The molecule has 1 saturated carbocycles. The van der Waals surface area contributed by atoms with Crippen LogP contribution in [0.15, 0.2) is 71.5 Å². The molecular formula is C27H23N3O5. The van der Waals surface area contributed by atoms with Gasteiger partial charge in [-0.2, -0.15) is 0 Å². The molecule has 2 aromatic heterocycles. The van der Waals surface area contributed by atoms with Crippen molar-refractivity contribution in [3.8, 4) is 0 Å². The number of para-hydroxylation sites is 1. The quantitative estimate of drug-likeness (QED) is 0.381. The van der Waals surface area contributed by atoms with Crippen LogP contribution in [-0.4, -0.2) is 29.9 Å². The number of ether oxygens (including phenoxy) is 1. The van der Waals surface area contributed by atoms with Gasteiger partial charge in [0.25, 0.3) is 11.8 Å². The number of carbonyl (C=O) groups excluding carboxylic acids is 3. The van der Waals surface area contributed by atoms with Gasteiger partial charge in [0.1, 0.15) is 6.26 Å². The molecule has 0 radical (unpaired) electrons. The monoisotopic (exact) mass is 469 g/mol. The average molecular weight is 469 g/mol. The number of hydrogen-bond acceptors (Lipinski definition) is 6. The normalized spacial score (nSPS) is 12.8. The van der Waals surface area contributed by atoms with Crippen LogP contribution in [0.1, 0.15) is 61.1 Å². The summed E-state index contributed by atoms with van der Waals surface area (Å²) in [6, 6.07) is 15.8. The zero-order valence-electron chi connectivity index (χ0n) is 19.0. The van der Waals surface area contributed by atoms with Crippen LogP contribution in [0.25, 0.3) is 10.9 Å². The lowest BCUT2D eigenvalue weighted by molar-refractivity contribution is 0.0600. The number of pyridine rings is 1. The molecule has 2 N–H and O–H groups in total. The van der Waals surface area contributed by atoms with E-state index in [1.807, 2.05) is 30.3 Å². The zero-order chi connectivity index (χ0) is 24.4. The topological polar surface area (TPSA) is 111 Å². The van der Waals surface area contributed by atoms with Gasteiger partial charge in [0.2, 0.25) is 0 Å².